The molecule has 8 heteroatoms. The van der Waals surface area contributed by atoms with Gasteiger partial charge in [-0.1, -0.05) is 11.6 Å². The van der Waals surface area contributed by atoms with Crippen LogP contribution in [-0.4, -0.2) is 38.4 Å². The molecule has 94 valence electrons. The van der Waals surface area contributed by atoms with Gasteiger partial charge in [-0.15, -0.1) is 10.2 Å². The van der Waals surface area contributed by atoms with Crippen molar-refractivity contribution in [2.24, 2.45) is 0 Å². The first-order valence-electron chi connectivity index (χ1n) is 5.45. The topological polar surface area (TPSA) is 69.0 Å². The third-order valence-corrected chi connectivity index (χ3v) is 3.15. The number of hydrogen-bond donors (Lipinski definition) is 0. The maximum Gasteiger partial charge on any atom is 0.199 e. The minimum atomic E-state index is 0.314. The van der Waals surface area contributed by atoms with Gasteiger partial charge in [-0.05, 0) is 0 Å². The fraction of sp³-hybridized carbons (Fsp3) is 0.400. The van der Waals surface area contributed by atoms with Crippen LogP contribution in [0.4, 0.5) is 5.82 Å². The molecule has 0 unspecified atom stereocenters. The summed E-state index contributed by atoms with van der Waals surface area (Å²) >= 11 is 5.99. The van der Waals surface area contributed by atoms with Gasteiger partial charge in [0.25, 0.3) is 0 Å². The van der Waals surface area contributed by atoms with Crippen LogP contribution in [-0.2, 0) is 13.1 Å². The SMILES string of the molecule is COc1c(Cl)ncnc1N1CCn2cnnc2C1. The predicted molar refractivity (Wildman–Crippen MR) is 64.7 cm³/mol. The van der Waals surface area contributed by atoms with E-state index in [-0.39, 0.29) is 0 Å². The van der Waals surface area contributed by atoms with Crippen molar-refractivity contribution in [1.29, 1.82) is 0 Å². The molecule has 0 atom stereocenters. The standard InChI is InChI=1S/C10H11ClN6O/c1-18-8-9(11)12-5-13-10(8)16-2-3-17-6-14-15-7(17)4-16/h5-6H,2-4H2,1H3. The molecule has 0 N–H and O–H groups in total. The van der Waals surface area contributed by atoms with E-state index in [9.17, 15) is 0 Å². The van der Waals surface area contributed by atoms with Crippen LogP contribution in [0.25, 0.3) is 0 Å². The van der Waals surface area contributed by atoms with Crippen molar-refractivity contribution in [3.8, 4) is 5.75 Å². The second kappa shape index (κ2) is 4.41. The first-order valence-corrected chi connectivity index (χ1v) is 5.83. The summed E-state index contributed by atoms with van der Waals surface area (Å²) in [7, 11) is 1.56. The Balaban J connectivity index is 1.95. The molecular weight excluding hydrogens is 256 g/mol. The van der Waals surface area contributed by atoms with Crippen molar-refractivity contribution in [2.45, 2.75) is 13.1 Å². The van der Waals surface area contributed by atoms with Gasteiger partial charge < -0.3 is 14.2 Å². The molecule has 7 nitrogen and oxygen atoms in total. The number of anilines is 1. The molecule has 0 radical (unpaired) electrons. The zero-order chi connectivity index (χ0) is 12.5. The second-order valence-corrected chi connectivity index (χ2v) is 4.24. The molecule has 0 aromatic carbocycles. The van der Waals surface area contributed by atoms with E-state index in [1.165, 1.54) is 6.33 Å². The summed E-state index contributed by atoms with van der Waals surface area (Å²) in [6.07, 6.45) is 3.16. The quantitative estimate of drug-likeness (QED) is 0.747. The smallest absolute Gasteiger partial charge is 0.199 e. The lowest BCUT2D eigenvalue weighted by molar-refractivity contribution is 0.408. The normalized spacial score (nSPS) is 14.4. The van der Waals surface area contributed by atoms with E-state index in [0.717, 1.165) is 18.9 Å². The van der Waals surface area contributed by atoms with Crippen molar-refractivity contribution >= 4 is 17.4 Å². The van der Waals surface area contributed by atoms with Gasteiger partial charge in [-0.3, -0.25) is 0 Å². The highest BCUT2D eigenvalue weighted by Crippen LogP contribution is 2.32. The highest BCUT2D eigenvalue weighted by molar-refractivity contribution is 6.31. The van der Waals surface area contributed by atoms with E-state index in [1.54, 1.807) is 13.4 Å². The molecule has 0 fully saturated rings. The summed E-state index contributed by atoms with van der Waals surface area (Å²) in [5, 5.41) is 8.27. The molecule has 2 aromatic rings. The summed E-state index contributed by atoms with van der Waals surface area (Å²) in [6, 6.07) is 0. The Bertz CT molecular complexity index is 571. The Hall–Kier alpha value is -1.89. The fourth-order valence-electron chi connectivity index (χ4n) is 1.99. The zero-order valence-corrected chi connectivity index (χ0v) is 10.5. The first-order chi connectivity index (χ1) is 8.79. The van der Waals surface area contributed by atoms with Gasteiger partial charge in [0.05, 0.1) is 13.7 Å². The third kappa shape index (κ3) is 1.76. The summed E-state index contributed by atoms with van der Waals surface area (Å²) in [6.45, 7) is 2.24. The van der Waals surface area contributed by atoms with Gasteiger partial charge >= 0.3 is 0 Å². The van der Waals surface area contributed by atoms with Gasteiger partial charge in [0.15, 0.2) is 22.5 Å². The Morgan fingerprint density at radius 3 is 3.06 bits per heavy atom. The molecule has 0 bridgehead atoms. The van der Waals surface area contributed by atoms with E-state index < -0.39 is 0 Å². The number of rotatable bonds is 2. The molecule has 1 aliphatic heterocycles. The molecule has 2 aromatic heterocycles. The summed E-state index contributed by atoms with van der Waals surface area (Å²) < 4.78 is 7.28. The van der Waals surface area contributed by atoms with Gasteiger partial charge in [-0.25, -0.2) is 9.97 Å². The van der Waals surface area contributed by atoms with Crippen molar-refractivity contribution in [3.63, 3.8) is 0 Å². The summed E-state index contributed by atoms with van der Waals surface area (Å²) in [4.78, 5) is 10.2. The monoisotopic (exact) mass is 266 g/mol. The Morgan fingerprint density at radius 1 is 1.33 bits per heavy atom. The van der Waals surface area contributed by atoms with Crippen molar-refractivity contribution < 1.29 is 4.74 Å². The molecule has 0 spiro atoms. The number of ether oxygens (including phenoxy) is 1. The molecule has 3 rings (SSSR count). The van der Waals surface area contributed by atoms with Gasteiger partial charge in [0.2, 0.25) is 0 Å². The number of fused-ring (bicyclic) bond motifs is 1. The summed E-state index contributed by atoms with van der Waals surface area (Å²) in [5.74, 6) is 2.08. The van der Waals surface area contributed by atoms with Crippen LogP contribution in [0.2, 0.25) is 5.15 Å². The Labute approximate surface area is 108 Å². The third-order valence-electron chi connectivity index (χ3n) is 2.88. The molecule has 0 saturated carbocycles. The molecule has 0 saturated heterocycles. The van der Waals surface area contributed by atoms with Crippen LogP contribution in [0, 0.1) is 0 Å². The average molecular weight is 267 g/mol. The van der Waals surface area contributed by atoms with E-state index in [0.29, 0.717) is 23.3 Å². The maximum absolute atomic E-state index is 5.99. The highest BCUT2D eigenvalue weighted by Gasteiger charge is 2.23. The highest BCUT2D eigenvalue weighted by atomic mass is 35.5. The van der Waals surface area contributed by atoms with Gasteiger partial charge in [0.1, 0.15) is 12.7 Å². The Morgan fingerprint density at radius 2 is 2.22 bits per heavy atom. The molecule has 1 aliphatic rings. The molecule has 3 heterocycles. The summed E-state index contributed by atoms with van der Waals surface area (Å²) in [5.41, 5.74) is 0. The van der Waals surface area contributed by atoms with Crippen LogP contribution in [0.15, 0.2) is 12.7 Å². The maximum atomic E-state index is 5.99. The number of methoxy groups -OCH3 is 1. The first kappa shape index (κ1) is 11.2. The predicted octanol–water partition coefficient (Wildman–Crippen LogP) is 0.750. The lowest BCUT2D eigenvalue weighted by Crippen LogP contribution is -2.34. The number of aromatic nitrogens is 5. The zero-order valence-electron chi connectivity index (χ0n) is 9.75. The van der Waals surface area contributed by atoms with Crippen molar-refractivity contribution in [1.82, 2.24) is 24.7 Å². The van der Waals surface area contributed by atoms with Crippen LogP contribution in [0.5, 0.6) is 5.75 Å². The average Bonchev–Trinajstić information content (AvgIpc) is 2.85. The van der Waals surface area contributed by atoms with Crippen LogP contribution >= 0.6 is 11.6 Å². The van der Waals surface area contributed by atoms with E-state index >= 15 is 0 Å². The second-order valence-electron chi connectivity index (χ2n) is 3.88. The number of halogens is 1. The van der Waals surface area contributed by atoms with Crippen molar-refractivity contribution in [2.75, 3.05) is 18.6 Å². The minimum absolute atomic E-state index is 0.314. The number of hydrogen-bond acceptors (Lipinski definition) is 6. The van der Waals surface area contributed by atoms with Crippen LogP contribution in [0.3, 0.4) is 0 Å². The fourth-order valence-corrected chi connectivity index (χ4v) is 2.20. The van der Waals surface area contributed by atoms with Gasteiger partial charge in [-0.2, -0.15) is 0 Å². The molecule has 0 aliphatic carbocycles. The molecular formula is C10H11ClN6O. The van der Waals surface area contributed by atoms with Gasteiger partial charge in [0, 0.05) is 13.1 Å². The van der Waals surface area contributed by atoms with E-state index in [2.05, 4.69) is 25.1 Å². The molecule has 0 amide bonds. The van der Waals surface area contributed by atoms with E-state index in [1.807, 2.05) is 4.57 Å². The van der Waals surface area contributed by atoms with E-state index in [4.69, 9.17) is 16.3 Å². The van der Waals surface area contributed by atoms with Crippen LogP contribution in [0.1, 0.15) is 5.82 Å². The lowest BCUT2D eigenvalue weighted by Gasteiger charge is -2.28. The minimum Gasteiger partial charge on any atom is -0.490 e. The van der Waals surface area contributed by atoms with Crippen LogP contribution < -0.4 is 9.64 Å². The molecule has 18 heavy (non-hydrogen) atoms. The largest absolute Gasteiger partial charge is 0.490 e. The lowest BCUT2D eigenvalue weighted by atomic mass is 10.3. The Kier molecular flexibility index (Phi) is 2.75. The van der Waals surface area contributed by atoms with Crippen molar-refractivity contribution in [3.05, 3.63) is 23.6 Å². The number of nitrogens with zero attached hydrogens (tertiary/aromatic N) is 6.